The van der Waals surface area contributed by atoms with Gasteiger partial charge in [-0.3, -0.25) is 19.2 Å². The molecule has 0 saturated heterocycles. The topological polar surface area (TPSA) is 202 Å². The zero-order chi connectivity index (χ0) is 61.9. The molecule has 0 saturated carbocycles. The summed E-state index contributed by atoms with van der Waals surface area (Å²) in [6.07, 6.45) is 6.33. The minimum absolute atomic E-state index is 0. The summed E-state index contributed by atoms with van der Waals surface area (Å²) >= 11 is 12.1. The van der Waals surface area contributed by atoms with Crippen molar-refractivity contribution in [3.63, 3.8) is 0 Å². The van der Waals surface area contributed by atoms with E-state index in [-0.39, 0.29) is 38.0 Å². The summed E-state index contributed by atoms with van der Waals surface area (Å²) in [4.78, 5) is 79.0. The number of rotatable bonds is 17. The van der Waals surface area contributed by atoms with Gasteiger partial charge in [-0.1, -0.05) is 98.5 Å². The van der Waals surface area contributed by atoms with E-state index in [9.17, 15) is 19.2 Å². The number of halogens is 5. The molecular weight excluding hydrogens is 1770 g/mol. The number of carbonyl (C=O) groups excluding carboxylic acids is 4. The molecule has 90 heavy (non-hydrogen) atoms. The number of hydrogen-bond donors (Lipinski definition) is 4. The second-order valence-electron chi connectivity index (χ2n) is 20.1. The van der Waals surface area contributed by atoms with Gasteiger partial charge in [0, 0.05) is 37.1 Å². The van der Waals surface area contributed by atoms with Crippen LogP contribution in [0.1, 0.15) is 71.6 Å². The Morgan fingerprint density at radius 2 is 0.633 bits per heavy atom. The number of carbonyl (C=O) groups is 4. The average Bonchev–Trinajstić information content (AvgIpc) is 0.941. The molecule has 23 heteroatoms. The maximum atomic E-state index is 12.8. The number of benzene rings is 8. The van der Waals surface area contributed by atoms with Crippen LogP contribution in [0, 0.1) is 14.9 Å². The quantitative estimate of drug-likeness (QED) is 0.0170. The summed E-state index contributed by atoms with van der Waals surface area (Å²) in [5, 5.41) is 11.8. The van der Waals surface area contributed by atoms with Gasteiger partial charge in [0.1, 0.15) is 41.6 Å². The van der Waals surface area contributed by atoms with Gasteiger partial charge in [-0.25, -0.2) is 29.9 Å². The molecule has 4 aromatic heterocycles. The molecule has 12 rings (SSSR count). The number of aromatic nitrogens is 8. The molecule has 16 nitrogen and oxygen atoms in total. The summed E-state index contributed by atoms with van der Waals surface area (Å²) in [5.74, 6) is -0.881. The first-order chi connectivity index (χ1) is 42.8. The van der Waals surface area contributed by atoms with Gasteiger partial charge in [-0.05, 0) is 99.5 Å². The Morgan fingerprint density at radius 3 is 1.00 bits per heavy atom. The fourth-order valence-electron chi connectivity index (χ4n) is 10.4. The molecule has 12 aromatic rings. The van der Waals surface area contributed by atoms with Crippen LogP contribution in [0.3, 0.4) is 0 Å². The van der Waals surface area contributed by atoms with E-state index in [4.69, 9.17) is 9.97 Å². The molecule has 0 atom stereocenters. The second-order valence-corrected chi connectivity index (χ2v) is 67.2. The number of anilines is 4. The Balaban J connectivity index is 0.000000233. The van der Waals surface area contributed by atoms with Crippen LogP contribution < -0.4 is 30.4 Å². The number of nitrogens with zero attached hydrogens (tertiary/aromatic N) is 8. The Morgan fingerprint density at radius 1 is 0.367 bits per heavy atom. The van der Waals surface area contributed by atoms with E-state index in [2.05, 4.69) is 188 Å². The van der Waals surface area contributed by atoms with E-state index in [1.165, 1.54) is 0 Å². The van der Waals surface area contributed by atoms with Gasteiger partial charge in [0.25, 0.3) is 0 Å². The van der Waals surface area contributed by atoms with Crippen molar-refractivity contribution < 1.29 is 42.7 Å². The third-order valence-electron chi connectivity index (χ3n) is 14.3. The van der Waals surface area contributed by atoms with Crippen molar-refractivity contribution in [2.24, 2.45) is 0 Å². The second kappa shape index (κ2) is 36.3. The number of hydrogen-bond acceptors (Lipinski definition) is 10. The van der Waals surface area contributed by atoms with Crippen molar-refractivity contribution in [3.8, 4) is 0 Å². The molecule has 0 aliphatic rings. The van der Waals surface area contributed by atoms with E-state index >= 15 is 0 Å². The Hall–Kier alpha value is -5.14. The van der Waals surface area contributed by atoms with Crippen molar-refractivity contribution in [2.45, 2.75) is 84.7 Å². The maximum absolute atomic E-state index is 12.8. The van der Waals surface area contributed by atoms with Crippen molar-refractivity contribution >= 4 is 235 Å². The molecule has 0 spiro atoms. The van der Waals surface area contributed by atoms with Gasteiger partial charge < -0.3 is 36.1 Å². The van der Waals surface area contributed by atoms with Crippen LogP contribution in [0.5, 0.6) is 0 Å². The molecule has 463 valence electrons. The molecule has 4 heterocycles. The van der Waals surface area contributed by atoms with Crippen molar-refractivity contribution in [2.75, 3.05) is 21.3 Å². The van der Waals surface area contributed by atoms with Crippen LogP contribution in [-0.4, -0.2) is 53.5 Å². The van der Waals surface area contributed by atoms with Gasteiger partial charge >= 0.3 is 114 Å². The first-order valence-electron chi connectivity index (χ1n) is 28.5. The molecule has 4 N–H and O–H groups in total. The first-order valence-corrected chi connectivity index (χ1v) is 51.0. The molecule has 0 aliphatic carbocycles. The molecule has 8 aromatic carbocycles. The van der Waals surface area contributed by atoms with Crippen LogP contribution in [-0.2, 0) is 46.7 Å². The number of nitrogens with one attached hydrogen (secondary N) is 4. The third-order valence-corrected chi connectivity index (χ3v) is 14.3. The summed E-state index contributed by atoms with van der Waals surface area (Å²) in [6.45, 7) is 5.89. The Kier molecular flexibility index (Phi) is 29.2. The van der Waals surface area contributed by atoms with Crippen LogP contribution >= 0.6 is 99.9 Å². The van der Waals surface area contributed by atoms with Gasteiger partial charge in [-0.15, -0.1) is 0 Å². The van der Waals surface area contributed by atoms with E-state index in [1.54, 1.807) is 24.3 Å². The van der Waals surface area contributed by atoms with Gasteiger partial charge in [-0.2, -0.15) is 9.13 Å². The third kappa shape index (κ3) is 19.2. The van der Waals surface area contributed by atoms with Crippen LogP contribution in [0.25, 0.3) is 88.3 Å². The SMILES string of the molecule is CC[n+]1c2ccccc2nc2c(NC(=O)CCCCCCCCC(=O)Nc3cccc4c3nc3ccccc3[n+]4CC)cccc21.O=C(CC(=O)Nc1cccc2nc3ccccc3nc12)Nc1cccc2nc3ccccc3nc12.[CH3-].[CH3-].[I][V]([I])[I].[I][V][I]. The normalized spacial score (nSPS) is 10.8. The average molecular weight is 1840 g/mol. The zero-order valence-corrected chi connectivity index (χ0v) is 63.5. The van der Waals surface area contributed by atoms with Crippen molar-refractivity contribution in [1.82, 2.24) is 29.9 Å². The predicted octanol–water partition coefficient (Wildman–Crippen LogP) is 17.6. The molecule has 4 amide bonds. The molecule has 0 fully saturated rings. The minimum atomic E-state index is -0.457. The summed E-state index contributed by atoms with van der Waals surface area (Å²) in [5.41, 5.74) is 15.6. The standard InChI is InChI=1S/C38H40N6O2.C27H18N6O2.2CH3.5HI.2V/c1-3-43-31-21-13-11-17-27(31)41-37-29(19-15-23-33(37)43)39-35(45)25-9-7-5-6-8-10-26-36(46)40-30-20-16-24-34-38(30)42-28-18-12-14-22-32(28)44(34)4-2;34-24(30-22-13-5-11-20-26(22)32-18-9-3-1-7-16(18)28-20)15-25(35)31-23-14-6-12-21-27(23)33-19-10-4-2-8-17(19)29-21;;;;;;;;;/h11-24H,3-10,25-26H2,1-2H3;1-14H,15H2,(H,30,34)(H,31,35);2*1H3;5*1H;;/q;;2*-1;;;;;;+2;+3/p-3. The van der Waals surface area contributed by atoms with E-state index < -0.39 is 11.8 Å². The van der Waals surface area contributed by atoms with E-state index in [0.717, 1.165) is 129 Å². The van der Waals surface area contributed by atoms with Crippen LogP contribution in [0.2, 0.25) is 0 Å². The van der Waals surface area contributed by atoms with Crippen LogP contribution in [0.15, 0.2) is 170 Å². The van der Waals surface area contributed by atoms with Gasteiger partial charge in [0.15, 0.2) is 11.0 Å². The van der Waals surface area contributed by atoms with E-state index in [0.29, 0.717) is 55.7 Å². The number of para-hydroxylation sites is 12. The summed E-state index contributed by atoms with van der Waals surface area (Å²) in [7, 11) is 0.628. The van der Waals surface area contributed by atoms with Gasteiger partial charge in [0.05, 0.1) is 55.8 Å². The summed E-state index contributed by atoms with van der Waals surface area (Å²) in [6, 6.07) is 53.9. The zero-order valence-electron chi connectivity index (χ0n) is 49.9. The fourth-order valence-corrected chi connectivity index (χ4v) is 10.4. The first kappa shape index (κ1) is 72.3. The molecule has 0 bridgehead atoms. The van der Waals surface area contributed by atoms with Crippen LogP contribution in [0.4, 0.5) is 22.7 Å². The molecular formula is C67H66I5N12O4V2. The Bertz CT molecular complexity index is 4220. The summed E-state index contributed by atoms with van der Waals surface area (Å²) < 4.78 is 4.47. The van der Waals surface area contributed by atoms with Gasteiger partial charge in [0.2, 0.25) is 45.7 Å². The number of aryl methyl sites for hydroxylation is 2. The number of fused-ring (bicyclic) bond motifs is 8. The Labute approximate surface area is 590 Å². The van der Waals surface area contributed by atoms with Crippen molar-refractivity contribution in [3.05, 3.63) is 185 Å². The molecule has 0 aliphatic heterocycles. The fraction of sp³-hybridized carbons (Fsp3) is 0.194. The van der Waals surface area contributed by atoms with Crippen molar-refractivity contribution in [1.29, 1.82) is 0 Å². The van der Waals surface area contributed by atoms with E-state index in [1.807, 2.05) is 121 Å². The monoisotopic (exact) mass is 1840 g/mol. The molecule has 0 unspecified atom stereocenters. The number of unbranched alkanes of at least 4 members (excludes halogenated alkanes) is 5. The predicted molar refractivity (Wildman–Crippen MR) is 403 cm³/mol. The number of amides is 4. The molecule has 0 radical (unpaired) electrons.